The molecule has 4 rings (SSSR count). The molecule has 224 valence electrons. The largest absolute Gasteiger partial charge is 0.477 e. The van der Waals surface area contributed by atoms with Gasteiger partial charge >= 0.3 is 18.0 Å². The summed E-state index contributed by atoms with van der Waals surface area (Å²) >= 11 is 10.2. The summed E-state index contributed by atoms with van der Waals surface area (Å²) < 4.78 is 11.0. The van der Waals surface area contributed by atoms with E-state index in [2.05, 4.69) is 20.8 Å². The molecule has 2 aliphatic rings. The standard InChI is InChI=1S/C25H26ClN5O8S3/c1-11(32)38-15-6-5-12(7-14(15)26)16(29-23(37)39-25(2,3)4)19(33)28-17-20(34)31-18(22(35)36)13(8-40-21(17)31)9-41-24-30-27-10-42-24/h5-7,10,16-17,21H,8-9H2,1-4H3,(H,28,33)(H,29,37)(H,35,36)/t16-,17?,21-/m1/s1. The number of hydrogen-bond donors (Lipinski definition) is 3. The van der Waals surface area contributed by atoms with E-state index in [-0.39, 0.29) is 22.0 Å². The summed E-state index contributed by atoms with van der Waals surface area (Å²) in [6.45, 7) is 6.17. The predicted octanol–water partition coefficient (Wildman–Crippen LogP) is 3.21. The van der Waals surface area contributed by atoms with Gasteiger partial charge in [0.15, 0.2) is 4.34 Å². The van der Waals surface area contributed by atoms with Gasteiger partial charge in [-0.2, -0.15) is 0 Å². The molecule has 1 aromatic heterocycles. The number of esters is 1. The second-order valence-electron chi connectivity index (χ2n) is 10.0. The minimum atomic E-state index is -1.35. The smallest absolute Gasteiger partial charge is 0.408 e. The van der Waals surface area contributed by atoms with Crippen LogP contribution in [0.2, 0.25) is 5.02 Å². The van der Waals surface area contributed by atoms with Crippen LogP contribution in [0.5, 0.6) is 5.75 Å². The van der Waals surface area contributed by atoms with Gasteiger partial charge in [-0.25, -0.2) is 9.59 Å². The van der Waals surface area contributed by atoms with Crippen molar-refractivity contribution in [3.8, 4) is 5.75 Å². The Morgan fingerprint density at radius 1 is 1.29 bits per heavy atom. The van der Waals surface area contributed by atoms with Gasteiger partial charge in [0.25, 0.3) is 5.91 Å². The lowest BCUT2D eigenvalue weighted by atomic mass is 10.0. The van der Waals surface area contributed by atoms with Crippen molar-refractivity contribution in [3.05, 3.63) is 45.6 Å². The van der Waals surface area contributed by atoms with Crippen molar-refractivity contribution in [1.82, 2.24) is 25.7 Å². The molecule has 1 saturated heterocycles. The zero-order chi connectivity index (χ0) is 30.8. The van der Waals surface area contributed by atoms with E-state index in [0.717, 1.165) is 0 Å². The molecule has 2 aliphatic heterocycles. The first-order chi connectivity index (χ1) is 19.7. The minimum absolute atomic E-state index is 0.00962. The summed E-state index contributed by atoms with van der Waals surface area (Å²) in [4.78, 5) is 64.0. The first-order valence-corrected chi connectivity index (χ1v) is 15.6. The molecule has 42 heavy (non-hydrogen) atoms. The molecule has 3 N–H and O–H groups in total. The highest BCUT2D eigenvalue weighted by Gasteiger charge is 2.54. The second-order valence-corrected chi connectivity index (χ2v) is 13.6. The zero-order valence-electron chi connectivity index (χ0n) is 22.7. The molecule has 3 heterocycles. The molecule has 0 radical (unpaired) electrons. The minimum Gasteiger partial charge on any atom is -0.477 e. The van der Waals surface area contributed by atoms with E-state index >= 15 is 0 Å². The highest BCUT2D eigenvalue weighted by Crippen LogP contribution is 2.42. The molecule has 1 aromatic carbocycles. The number of nitrogens with zero attached hydrogens (tertiary/aromatic N) is 3. The van der Waals surface area contributed by atoms with E-state index in [0.29, 0.717) is 21.4 Å². The maximum atomic E-state index is 13.5. The van der Waals surface area contributed by atoms with Crippen molar-refractivity contribution in [2.45, 2.75) is 55.1 Å². The summed E-state index contributed by atoms with van der Waals surface area (Å²) in [7, 11) is 0. The lowest BCUT2D eigenvalue weighted by molar-refractivity contribution is -0.151. The molecule has 3 atom stereocenters. The highest BCUT2D eigenvalue weighted by atomic mass is 35.5. The van der Waals surface area contributed by atoms with Crippen molar-refractivity contribution in [3.63, 3.8) is 0 Å². The SMILES string of the molecule is CC(=O)Oc1ccc([C@@H](NC(=O)OC(C)(C)C)C(=O)NC2C(=O)N3C(C(=O)O)=C(CSc4nncs4)CS[C@H]23)cc1Cl. The van der Waals surface area contributed by atoms with Crippen LogP contribution in [0.25, 0.3) is 0 Å². The topological polar surface area (TPSA) is 177 Å². The van der Waals surface area contributed by atoms with Crippen molar-refractivity contribution in [2.75, 3.05) is 11.5 Å². The summed E-state index contributed by atoms with van der Waals surface area (Å²) in [5.74, 6) is -2.52. The first-order valence-electron chi connectivity index (χ1n) is 12.3. The number of carboxylic acid groups (broad SMARTS) is 1. The lowest BCUT2D eigenvalue weighted by Crippen LogP contribution is -2.71. The van der Waals surface area contributed by atoms with Crippen molar-refractivity contribution in [1.29, 1.82) is 0 Å². The van der Waals surface area contributed by atoms with Crippen LogP contribution in [0.1, 0.15) is 39.3 Å². The van der Waals surface area contributed by atoms with Crippen LogP contribution < -0.4 is 15.4 Å². The molecule has 0 saturated carbocycles. The molecule has 3 amide bonds. The number of fused-ring (bicyclic) bond motifs is 1. The number of carbonyl (C=O) groups is 5. The Kier molecular flexibility index (Phi) is 9.70. The van der Waals surface area contributed by atoms with Gasteiger partial charge < -0.3 is 25.2 Å². The number of aliphatic carboxylic acids is 1. The van der Waals surface area contributed by atoms with E-state index in [1.54, 1.807) is 26.3 Å². The molecule has 0 spiro atoms. The maximum absolute atomic E-state index is 13.5. The summed E-state index contributed by atoms with van der Waals surface area (Å²) in [6.07, 6.45) is -0.898. The lowest BCUT2D eigenvalue weighted by Gasteiger charge is -2.49. The molecule has 0 bridgehead atoms. The first kappa shape index (κ1) is 31.6. The van der Waals surface area contributed by atoms with E-state index in [1.165, 1.54) is 64.9 Å². The van der Waals surface area contributed by atoms with Crippen molar-refractivity contribution < 1.29 is 38.6 Å². The van der Waals surface area contributed by atoms with Gasteiger partial charge in [-0.1, -0.05) is 40.8 Å². The highest BCUT2D eigenvalue weighted by molar-refractivity contribution is 8.01. The van der Waals surface area contributed by atoms with Gasteiger partial charge in [-0.3, -0.25) is 19.3 Å². The molecular weight excluding hydrogens is 630 g/mol. The van der Waals surface area contributed by atoms with Gasteiger partial charge in [0.1, 0.15) is 40.0 Å². The third kappa shape index (κ3) is 7.35. The Bertz CT molecular complexity index is 1450. The fourth-order valence-electron chi connectivity index (χ4n) is 4.07. The molecule has 1 unspecified atom stereocenters. The van der Waals surface area contributed by atoms with E-state index < -0.39 is 52.9 Å². The molecule has 2 aromatic rings. The molecule has 13 nitrogen and oxygen atoms in total. The van der Waals surface area contributed by atoms with Gasteiger partial charge in [-0.15, -0.1) is 22.0 Å². The quantitative estimate of drug-likeness (QED) is 0.156. The number of ether oxygens (including phenoxy) is 2. The van der Waals surface area contributed by atoms with E-state index in [9.17, 15) is 29.1 Å². The summed E-state index contributed by atoms with van der Waals surface area (Å²) in [5, 5.41) is 22.1. The van der Waals surface area contributed by atoms with Gasteiger partial charge in [0, 0.05) is 18.4 Å². The number of rotatable bonds is 9. The van der Waals surface area contributed by atoms with Crippen LogP contribution in [0.15, 0.2) is 39.3 Å². The van der Waals surface area contributed by atoms with Gasteiger partial charge in [0.2, 0.25) is 5.91 Å². The van der Waals surface area contributed by atoms with Crippen LogP contribution >= 0.6 is 46.5 Å². The Balaban J connectivity index is 1.53. The Morgan fingerprint density at radius 3 is 2.62 bits per heavy atom. The van der Waals surface area contributed by atoms with E-state index in [4.69, 9.17) is 21.1 Å². The van der Waals surface area contributed by atoms with E-state index in [1.807, 2.05) is 0 Å². The fourth-order valence-corrected chi connectivity index (χ4v) is 7.27. The summed E-state index contributed by atoms with van der Waals surface area (Å²) in [5.41, 5.74) is 1.36. The van der Waals surface area contributed by atoms with Crippen molar-refractivity contribution >= 4 is 76.3 Å². The van der Waals surface area contributed by atoms with Crippen LogP contribution in [0.3, 0.4) is 0 Å². The monoisotopic (exact) mass is 655 g/mol. The number of thioether (sulfide) groups is 2. The maximum Gasteiger partial charge on any atom is 0.408 e. The third-order valence-corrected chi connectivity index (χ3v) is 9.31. The Morgan fingerprint density at radius 2 is 2.02 bits per heavy atom. The average Bonchev–Trinajstić information content (AvgIpc) is 3.42. The molecule has 0 aliphatic carbocycles. The number of alkyl carbamates (subject to hydrolysis) is 1. The average molecular weight is 656 g/mol. The number of aromatic nitrogens is 2. The van der Waals surface area contributed by atoms with Crippen LogP contribution in [-0.2, 0) is 23.9 Å². The molecule has 1 fully saturated rings. The fraction of sp³-hybridized carbons (Fsp3) is 0.400. The Hall–Kier alpha value is -3.34. The summed E-state index contributed by atoms with van der Waals surface area (Å²) in [6, 6.07) is 1.75. The van der Waals surface area contributed by atoms with Crippen LogP contribution in [-0.4, -0.2) is 78.6 Å². The predicted molar refractivity (Wildman–Crippen MR) is 155 cm³/mol. The number of β-lactam (4-membered cyclic amide) rings is 1. The van der Waals surface area contributed by atoms with Gasteiger partial charge in [0.05, 0.1) is 5.02 Å². The Labute approximate surface area is 257 Å². The number of carbonyl (C=O) groups excluding carboxylic acids is 4. The number of halogens is 1. The number of nitrogens with one attached hydrogen (secondary N) is 2. The van der Waals surface area contributed by atoms with Gasteiger partial charge in [-0.05, 0) is 44.0 Å². The number of benzene rings is 1. The third-order valence-electron chi connectivity index (χ3n) is 5.72. The van der Waals surface area contributed by atoms with Crippen LogP contribution in [0.4, 0.5) is 4.79 Å². The number of hydrogen-bond acceptors (Lipinski definition) is 12. The second kappa shape index (κ2) is 12.9. The molecular formula is C25H26ClN5O8S3. The number of amides is 3. The van der Waals surface area contributed by atoms with Crippen molar-refractivity contribution in [2.24, 2.45) is 0 Å². The molecule has 17 heteroatoms. The normalized spacial score (nSPS) is 18.9. The van der Waals surface area contributed by atoms with Crippen LogP contribution in [0, 0.1) is 0 Å². The zero-order valence-corrected chi connectivity index (χ0v) is 25.9. The number of carboxylic acids is 1.